The summed E-state index contributed by atoms with van der Waals surface area (Å²) in [6, 6.07) is 6.20. The number of rotatable bonds is 3. The number of halogens is 1. The molecule has 0 fully saturated rings. The van der Waals surface area contributed by atoms with Gasteiger partial charge in [0.1, 0.15) is 4.60 Å². The van der Waals surface area contributed by atoms with E-state index in [0.717, 1.165) is 0 Å². The predicted molar refractivity (Wildman–Crippen MR) is 71.1 cm³/mol. The minimum absolute atomic E-state index is 0.135. The summed E-state index contributed by atoms with van der Waals surface area (Å²) in [5, 5.41) is 11.5. The maximum Gasteiger partial charge on any atom is 0.356 e. The van der Waals surface area contributed by atoms with Crippen molar-refractivity contribution in [3.05, 3.63) is 52.5 Å². The third-order valence-electron chi connectivity index (χ3n) is 2.26. The largest absolute Gasteiger partial charge is 0.476 e. The van der Waals surface area contributed by atoms with E-state index >= 15 is 0 Å². The number of carbonyl (C=O) groups is 2. The van der Waals surface area contributed by atoms with Crippen LogP contribution in [0.1, 0.15) is 20.8 Å². The van der Waals surface area contributed by atoms with Gasteiger partial charge in [0.05, 0.1) is 11.3 Å². The van der Waals surface area contributed by atoms with Gasteiger partial charge >= 0.3 is 5.97 Å². The Bertz CT molecular complexity index is 646. The summed E-state index contributed by atoms with van der Waals surface area (Å²) in [6.45, 7) is 0. The molecule has 2 aromatic heterocycles. The summed E-state index contributed by atoms with van der Waals surface area (Å²) in [5.74, 6) is -1.67. The fraction of sp³-hybridized carbons (Fsp3) is 0. The highest BCUT2D eigenvalue weighted by Crippen LogP contribution is 2.17. The number of anilines is 1. The number of hydrogen-bond acceptors (Lipinski definition) is 4. The van der Waals surface area contributed by atoms with Crippen molar-refractivity contribution in [2.24, 2.45) is 0 Å². The highest BCUT2D eigenvalue weighted by molar-refractivity contribution is 9.10. The number of nitrogens with one attached hydrogen (secondary N) is 1. The topological polar surface area (TPSA) is 92.2 Å². The maximum atomic E-state index is 12.0. The van der Waals surface area contributed by atoms with Crippen LogP contribution < -0.4 is 5.32 Å². The van der Waals surface area contributed by atoms with Gasteiger partial charge < -0.3 is 10.4 Å². The molecule has 0 saturated heterocycles. The van der Waals surface area contributed by atoms with Gasteiger partial charge in [0.2, 0.25) is 0 Å². The lowest BCUT2D eigenvalue weighted by Crippen LogP contribution is -2.16. The van der Waals surface area contributed by atoms with Crippen LogP contribution in [-0.2, 0) is 0 Å². The van der Waals surface area contributed by atoms with Crippen LogP contribution in [0.15, 0.2) is 41.3 Å². The third-order valence-corrected chi connectivity index (χ3v) is 2.89. The van der Waals surface area contributed by atoms with Crippen molar-refractivity contribution in [1.29, 1.82) is 0 Å². The number of carbonyl (C=O) groups excluding carboxylic acids is 1. The van der Waals surface area contributed by atoms with Gasteiger partial charge in [-0.1, -0.05) is 0 Å². The van der Waals surface area contributed by atoms with Crippen LogP contribution in [0, 0.1) is 0 Å². The molecule has 0 atom stereocenters. The molecule has 0 aliphatic carbocycles. The number of aromatic carboxylic acids is 1. The van der Waals surface area contributed by atoms with Crippen molar-refractivity contribution in [3.8, 4) is 0 Å². The monoisotopic (exact) mass is 321 g/mol. The zero-order chi connectivity index (χ0) is 13.8. The van der Waals surface area contributed by atoms with Crippen molar-refractivity contribution < 1.29 is 14.7 Å². The summed E-state index contributed by atoms with van der Waals surface area (Å²) in [4.78, 5) is 30.6. The quantitative estimate of drug-likeness (QED) is 0.845. The predicted octanol–water partition coefficient (Wildman–Crippen LogP) is 2.19. The Balaban J connectivity index is 2.30. The molecule has 0 spiro atoms. The molecule has 2 rings (SSSR count). The van der Waals surface area contributed by atoms with Crippen molar-refractivity contribution in [3.63, 3.8) is 0 Å². The smallest absolute Gasteiger partial charge is 0.356 e. The molecule has 0 bridgehead atoms. The van der Waals surface area contributed by atoms with Gasteiger partial charge in [-0.3, -0.25) is 4.79 Å². The number of hydrogen-bond donors (Lipinski definition) is 2. The van der Waals surface area contributed by atoms with E-state index in [4.69, 9.17) is 5.11 Å². The summed E-state index contributed by atoms with van der Waals surface area (Å²) in [6.07, 6.45) is 2.88. The van der Waals surface area contributed by atoms with Crippen LogP contribution in [0.3, 0.4) is 0 Å². The molecule has 2 N–H and O–H groups in total. The number of amides is 1. The molecule has 0 saturated carbocycles. The maximum absolute atomic E-state index is 12.0. The van der Waals surface area contributed by atoms with Crippen LogP contribution in [0.25, 0.3) is 0 Å². The average molecular weight is 322 g/mol. The van der Waals surface area contributed by atoms with E-state index in [1.54, 1.807) is 18.2 Å². The summed E-state index contributed by atoms with van der Waals surface area (Å²) in [5.41, 5.74) is 0.231. The molecule has 1 amide bonds. The van der Waals surface area contributed by atoms with Crippen LogP contribution in [0.5, 0.6) is 0 Å². The molecule has 2 heterocycles. The molecular weight excluding hydrogens is 314 g/mol. The van der Waals surface area contributed by atoms with Crippen molar-refractivity contribution in [1.82, 2.24) is 9.97 Å². The van der Waals surface area contributed by atoms with Gasteiger partial charge in [0.25, 0.3) is 5.91 Å². The summed E-state index contributed by atoms with van der Waals surface area (Å²) >= 11 is 3.15. The second-order valence-electron chi connectivity index (χ2n) is 3.50. The highest BCUT2D eigenvalue weighted by Gasteiger charge is 2.16. The Morgan fingerprint density at radius 3 is 2.53 bits per heavy atom. The van der Waals surface area contributed by atoms with E-state index in [1.165, 1.54) is 18.5 Å². The molecule has 0 radical (unpaired) electrons. The number of pyridine rings is 2. The van der Waals surface area contributed by atoms with Gasteiger partial charge in [-0.2, -0.15) is 0 Å². The lowest BCUT2D eigenvalue weighted by Gasteiger charge is -2.08. The van der Waals surface area contributed by atoms with Crippen LogP contribution in [0.4, 0.5) is 5.69 Å². The minimum Gasteiger partial charge on any atom is -0.476 e. The van der Waals surface area contributed by atoms with Crippen molar-refractivity contribution >= 4 is 33.5 Å². The van der Waals surface area contributed by atoms with Crippen LogP contribution in [0.2, 0.25) is 0 Å². The van der Waals surface area contributed by atoms with Gasteiger partial charge in [-0.05, 0) is 40.2 Å². The fourth-order valence-electron chi connectivity index (χ4n) is 1.42. The number of nitrogens with zero attached hydrogens (tertiary/aromatic N) is 2. The highest BCUT2D eigenvalue weighted by atomic mass is 79.9. The van der Waals surface area contributed by atoms with E-state index in [9.17, 15) is 9.59 Å². The Morgan fingerprint density at radius 1 is 1.16 bits per heavy atom. The van der Waals surface area contributed by atoms with Gasteiger partial charge in [0.15, 0.2) is 5.69 Å². The second kappa shape index (κ2) is 5.57. The first-order valence-corrected chi connectivity index (χ1v) is 5.99. The minimum atomic E-state index is -1.21. The molecule has 0 aliphatic heterocycles. The first-order valence-electron chi connectivity index (χ1n) is 5.20. The van der Waals surface area contributed by atoms with Crippen LogP contribution in [-0.4, -0.2) is 27.0 Å². The van der Waals surface area contributed by atoms with Gasteiger partial charge in [-0.25, -0.2) is 14.8 Å². The average Bonchev–Trinajstić information content (AvgIpc) is 2.39. The van der Waals surface area contributed by atoms with E-state index in [-0.39, 0.29) is 11.4 Å². The fourth-order valence-corrected chi connectivity index (χ4v) is 1.85. The Labute approximate surface area is 116 Å². The molecular formula is C12H8BrN3O3. The van der Waals surface area contributed by atoms with E-state index in [0.29, 0.717) is 10.2 Å². The molecule has 96 valence electrons. The zero-order valence-corrected chi connectivity index (χ0v) is 11.1. The molecule has 19 heavy (non-hydrogen) atoms. The Morgan fingerprint density at radius 2 is 1.84 bits per heavy atom. The molecule has 7 heteroatoms. The van der Waals surface area contributed by atoms with E-state index < -0.39 is 11.9 Å². The summed E-state index contributed by atoms with van der Waals surface area (Å²) < 4.78 is 0.383. The van der Waals surface area contributed by atoms with Crippen molar-refractivity contribution in [2.75, 3.05) is 5.32 Å². The van der Waals surface area contributed by atoms with Gasteiger partial charge in [0, 0.05) is 12.4 Å². The Hall–Kier alpha value is -2.28. The second-order valence-corrected chi connectivity index (χ2v) is 4.25. The standard InChI is InChI=1S/C12H8BrN3O3/c13-10-7(3-1-6-15-10)11(17)16-8-4-2-5-14-9(8)12(18)19/h1-6H,(H,16,17)(H,18,19). The number of carboxylic acids is 1. The first-order chi connectivity index (χ1) is 9.09. The number of aromatic nitrogens is 2. The first kappa shape index (κ1) is 13.2. The number of carboxylic acid groups (broad SMARTS) is 1. The Kier molecular flexibility index (Phi) is 3.86. The van der Waals surface area contributed by atoms with Crippen molar-refractivity contribution in [2.45, 2.75) is 0 Å². The zero-order valence-electron chi connectivity index (χ0n) is 9.50. The lowest BCUT2D eigenvalue weighted by atomic mass is 10.2. The molecule has 0 aliphatic rings. The van der Waals surface area contributed by atoms with Crippen LogP contribution >= 0.6 is 15.9 Å². The SMILES string of the molecule is O=C(Nc1cccnc1C(=O)O)c1cccnc1Br. The molecule has 2 aromatic rings. The summed E-state index contributed by atoms with van der Waals surface area (Å²) in [7, 11) is 0. The molecule has 0 aromatic carbocycles. The lowest BCUT2D eigenvalue weighted by molar-refractivity contribution is 0.0692. The molecule has 0 unspecified atom stereocenters. The molecule has 6 nitrogen and oxygen atoms in total. The van der Waals surface area contributed by atoms with Gasteiger partial charge in [-0.15, -0.1) is 0 Å². The van der Waals surface area contributed by atoms with E-state index in [2.05, 4.69) is 31.2 Å². The third kappa shape index (κ3) is 2.94. The normalized spacial score (nSPS) is 9.95. The van der Waals surface area contributed by atoms with E-state index in [1.807, 2.05) is 0 Å².